The van der Waals surface area contributed by atoms with E-state index in [2.05, 4.69) is 9.97 Å². The molecule has 0 spiro atoms. The number of likely N-dealkylation sites (N-methyl/N-ethyl adjacent to an activating group) is 1. The van der Waals surface area contributed by atoms with Crippen LogP contribution < -0.4 is 10.6 Å². The Morgan fingerprint density at radius 1 is 1.50 bits per heavy atom. The maximum Gasteiger partial charge on any atom is 0.221 e. The first-order valence-corrected chi connectivity index (χ1v) is 5.42. The van der Waals surface area contributed by atoms with E-state index in [9.17, 15) is 0 Å². The molecule has 16 heavy (non-hydrogen) atoms. The van der Waals surface area contributed by atoms with Gasteiger partial charge in [0.25, 0.3) is 0 Å². The fourth-order valence-corrected chi connectivity index (χ4v) is 1.36. The Balaban J connectivity index is 2.58. The van der Waals surface area contributed by atoms with Crippen molar-refractivity contribution in [3.05, 3.63) is 11.8 Å². The van der Waals surface area contributed by atoms with Crippen LogP contribution in [0.2, 0.25) is 0 Å². The first-order valence-electron chi connectivity index (χ1n) is 5.42. The summed E-state index contributed by atoms with van der Waals surface area (Å²) in [6.07, 6.45) is 1.99. The highest BCUT2D eigenvalue weighted by molar-refractivity contribution is 5.47. The molecule has 1 aromatic rings. The summed E-state index contributed by atoms with van der Waals surface area (Å²) in [5.74, 6) is 1.16. The quantitative estimate of drug-likeness (QED) is 0.815. The maximum absolute atomic E-state index is 5.56. The third kappa shape index (κ3) is 3.66. The summed E-state index contributed by atoms with van der Waals surface area (Å²) in [6, 6.07) is 0. The molecule has 0 aromatic carbocycles. The molecule has 2 N–H and O–H groups in total. The van der Waals surface area contributed by atoms with Gasteiger partial charge >= 0.3 is 0 Å². The first-order chi connectivity index (χ1) is 7.50. The minimum absolute atomic E-state index is 0.255. The predicted octanol–water partition coefficient (Wildman–Crippen LogP) is 1.23. The third-order valence-electron chi connectivity index (χ3n) is 2.20. The predicted molar refractivity (Wildman–Crippen MR) is 65.5 cm³/mol. The van der Waals surface area contributed by atoms with Crippen LogP contribution in [0.25, 0.3) is 0 Å². The van der Waals surface area contributed by atoms with E-state index in [-0.39, 0.29) is 6.10 Å². The van der Waals surface area contributed by atoms with Gasteiger partial charge in [0, 0.05) is 25.4 Å². The molecule has 1 heterocycles. The van der Waals surface area contributed by atoms with E-state index in [1.165, 1.54) is 0 Å². The van der Waals surface area contributed by atoms with Crippen LogP contribution in [0.1, 0.15) is 19.4 Å². The highest BCUT2D eigenvalue weighted by Crippen LogP contribution is 2.14. The van der Waals surface area contributed by atoms with Crippen molar-refractivity contribution in [3.8, 4) is 0 Å². The van der Waals surface area contributed by atoms with Gasteiger partial charge in [-0.25, -0.2) is 4.98 Å². The minimum atomic E-state index is 0.255. The molecule has 1 aromatic heterocycles. The Labute approximate surface area is 96.6 Å². The SMILES string of the molecule is Cc1cnc(N)nc1N(C)CCOC(C)C. The summed E-state index contributed by atoms with van der Waals surface area (Å²) < 4.78 is 5.49. The lowest BCUT2D eigenvalue weighted by molar-refractivity contribution is 0.0845. The van der Waals surface area contributed by atoms with Crippen molar-refractivity contribution < 1.29 is 4.74 Å². The topological polar surface area (TPSA) is 64.3 Å². The Hall–Kier alpha value is -1.36. The van der Waals surface area contributed by atoms with Gasteiger partial charge in [-0.2, -0.15) is 4.98 Å². The molecule has 0 fully saturated rings. The molecule has 0 saturated heterocycles. The molecule has 0 saturated carbocycles. The molecule has 0 amide bonds. The second kappa shape index (κ2) is 5.65. The largest absolute Gasteiger partial charge is 0.377 e. The Bertz CT molecular complexity index is 341. The Morgan fingerprint density at radius 2 is 2.19 bits per heavy atom. The molecule has 0 aliphatic heterocycles. The Morgan fingerprint density at radius 3 is 2.81 bits per heavy atom. The number of hydrogen-bond donors (Lipinski definition) is 1. The average Bonchev–Trinajstić information content (AvgIpc) is 2.21. The summed E-state index contributed by atoms with van der Waals surface area (Å²) in [5.41, 5.74) is 6.58. The molecule has 5 heteroatoms. The molecule has 0 aliphatic carbocycles. The van der Waals surface area contributed by atoms with Crippen LogP contribution in [0.15, 0.2) is 6.20 Å². The van der Waals surface area contributed by atoms with Gasteiger partial charge in [0.1, 0.15) is 5.82 Å². The zero-order valence-electron chi connectivity index (χ0n) is 10.4. The molecular weight excluding hydrogens is 204 g/mol. The lowest BCUT2D eigenvalue weighted by Crippen LogP contribution is -2.25. The van der Waals surface area contributed by atoms with Gasteiger partial charge in [-0.3, -0.25) is 0 Å². The van der Waals surface area contributed by atoms with E-state index < -0.39 is 0 Å². The van der Waals surface area contributed by atoms with Gasteiger partial charge in [0.2, 0.25) is 5.95 Å². The summed E-state index contributed by atoms with van der Waals surface area (Å²) in [6.45, 7) is 7.48. The number of rotatable bonds is 5. The summed E-state index contributed by atoms with van der Waals surface area (Å²) in [4.78, 5) is 10.2. The highest BCUT2D eigenvalue weighted by atomic mass is 16.5. The monoisotopic (exact) mass is 224 g/mol. The first kappa shape index (κ1) is 12.7. The number of aromatic nitrogens is 2. The lowest BCUT2D eigenvalue weighted by atomic mass is 10.3. The van der Waals surface area contributed by atoms with Gasteiger partial charge < -0.3 is 15.4 Å². The zero-order chi connectivity index (χ0) is 12.1. The number of aryl methyl sites for hydroxylation is 1. The van der Waals surface area contributed by atoms with Crippen molar-refractivity contribution in [2.24, 2.45) is 0 Å². The van der Waals surface area contributed by atoms with E-state index in [0.29, 0.717) is 12.6 Å². The lowest BCUT2D eigenvalue weighted by Gasteiger charge is -2.20. The number of anilines is 2. The van der Waals surface area contributed by atoms with E-state index in [1.807, 2.05) is 32.7 Å². The number of nitrogen functional groups attached to an aromatic ring is 1. The number of nitrogens with zero attached hydrogens (tertiary/aromatic N) is 3. The van der Waals surface area contributed by atoms with E-state index in [0.717, 1.165) is 17.9 Å². The normalized spacial score (nSPS) is 10.8. The van der Waals surface area contributed by atoms with Crippen molar-refractivity contribution in [1.82, 2.24) is 9.97 Å². The van der Waals surface area contributed by atoms with E-state index in [4.69, 9.17) is 10.5 Å². The van der Waals surface area contributed by atoms with Crippen molar-refractivity contribution in [2.75, 3.05) is 30.8 Å². The molecule has 5 nitrogen and oxygen atoms in total. The van der Waals surface area contributed by atoms with Crippen LogP contribution in [0, 0.1) is 6.92 Å². The fourth-order valence-electron chi connectivity index (χ4n) is 1.36. The minimum Gasteiger partial charge on any atom is -0.377 e. The molecule has 90 valence electrons. The van der Waals surface area contributed by atoms with E-state index >= 15 is 0 Å². The third-order valence-corrected chi connectivity index (χ3v) is 2.20. The highest BCUT2D eigenvalue weighted by Gasteiger charge is 2.07. The van der Waals surface area contributed by atoms with Gasteiger partial charge in [-0.1, -0.05) is 0 Å². The molecule has 0 unspecified atom stereocenters. The van der Waals surface area contributed by atoms with Crippen LogP contribution in [0.3, 0.4) is 0 Å². The van der Waals surface area contributed by atoms with Gasteiger partial charge in [-0.05, 0) is 20.8 Å². The Kier molecular flexibility index (Phi) is 4.49. The molecule has 0 atom stereocenters. The van der Waals surface area contributed by atoms with E-state index in [1.54, 1.807) is 6.20 Å². The molecule has 0 bridgehead atoms. The molecule has 1 rings (SSSR count). The van der Waals surface area contributed by atoms with Crippen LogP contribution >= 0.6 is 0 Å². The van der Waals surface area contributed by atoms with Gasteiger partial charge in [0.15, 0.2) is 0 Å². The summed E-state index contributed by atoms with van der Waals surface area (Å²) in [5, 5.41) is 0. The number of nitrogens with two attached hydrogens (primary N) is 1. The summed E-state index contributed by atoms with van der Waals surface area (Å²) in [7, 11) is 1.97. The second-order valence-corrected chi connectivity index (χ2v) is 4.08. The van der Waals surface area contributed by atoms with Crippen molar-refractivity contribution in [2.45, 2.75) is 26.9 Å². The average molecular weight is 224 g/mol. The second-order valence-electron chi connectivity index (χ2n) is 4.08. The maximum atomic E-state index is 5.56. The van der Waals surface area contributed by atoms with Crippen LogP contribution in [-0.4, -0.2) is 36.3 Å². The van der Waals surface area contributed by atoms with Crippen LogP contribution in [0.5, 0.6) is 0 Å². The molecule has 0 aliphatic rings. The van der Waals surface area contributed by atoms with Crippen molar-refractivity contribution >= 4 is 11.8 Å². The standard InChI is InChI=1S/C11H20N4O/c1-8(2)16-6-5-15(4)10-9(3)7-13-11(12)14-10/h7-8H,5-6H2,1-4H3,(H2,12,13,14). The fraction of sp³-hybridized carbons (Fsp3) is 0.636. The number of hydrogen-bond acceptors (Lipinski definition) is 5. The summed E-state index contributed by atoms with van der Waals surface area (Å²) >= 11 is 0. The van der Waals surface area contributed by atoms with Gasteiger partial charge in [0.05, 0.1) is 12.7 Å². The van der Waals surface area contributed by atoms with Crippen LogP contribution in [0.4, 0.5) is 11.8 Å². The number of ether oxygens (including phenoxy) is 1. The smallest absolute Gasteiger partial charge is 0.221 e. The molecular formula is C11H20N4O. The van der Waals surface area contributed by atoms with Crippen LogP contribution in [-0.2, 0) is 4.74 Å². The zero-order valence-corrected chi connectivity index (χ0v) is 10.4. The van der Waals surface area contributed by atoms with Crippen molar-refractivity contribution in [3.63, 3.8) is 0 Å². The molecule has 0 radical (unpaired) electrons. The van der Waals surface area contributed by atoms with Gasteiger partial charge in [-0.15, -0.1) is 0 Å². The van der Waals surface area contributed by atoms with Crippen molar-refractivity contribution in [1.29, 1.82) is 0 Å².